The minimum atomic E-state index is -0.428. The summed E-state index contributed by atoms with van der Waals surface area (Å²) in [6.07, 6.45) is 0. The number of amides is 3. The first-order valence-electron chi connectivity index (χ1n) is 8.33. The molecule has 3 N–H and O–H groups in total. The quantitative estimate of drug-likeness (QED) is 0.677. The minimum Gasteiger partial charge on any atom is -0.496 e. The minimum absolute atomic E-state index is 0.233. The Kier molecular flexibility index (Phi) is 7.45. The van der Waals surface area contributed by atoms with Gasteiger partial charge in [0.1, 0.15) is 5.75 Å². The monoisotopic (exact) mass is 390 g/mol. The second-order valence-corrected chi connectivity index (χ2v) is 6.50. The summed E-state index contributed by atoms with van der Waals surface area (Å²) in [6.45, 7) is 1.26. The Morgan fingerprint density at radius 2 is 1.78 bits per heavy atom. The fourth-order valence-corrected chi connectivity index (χ4v) is 2.49. The molecule has 7 nitrogen and oxygen atoms in total. The number of hydrogen-bond acceptors (Lipinski definition) is 4. The zero-order valence-corrected chi connectivity index (χ0v) is 16.3. The van der Waals surface area contributed by atoms with Crippen LogP contribution in [-0.4, -0.2) is 51.1 Å². The van der Waals surface area contributed by atoms with E-state index in [1.54, 1.807) is 42.5 Å². The average Bonchev–Trinajstić information content (AvgIpc) is 2.61. The van der Waals surface area contributed by atoms with Gasteiger partial charge < -0.3 is 25.6 Å². The molecule has 0 aromatic heterocycles. The van der Waals surface area contributed by atoms with E-state index in [9.17, 15) is 9.59 Å². The van der Waals surface area contributed by atoms with Crippen LogP contribution in [0.5, 0.6) is 5.75 Å². The number of halogens is 1. The first kappa shape index (κ1) is 20.5. The third-order valence-corrected chi connectivity index (χ3v) is 3.87. The maximum Gasteiger partial charge on any atom is 0.323 e. The number of anilines is 2. The van der Waals surface area contributed by atoms with Gasteiger partial charge in [-0.05, 0) is 44.4 Å². The first-order valence-corrected chi connectivity index (χ1v) is 8.71. The van der Waals surface area contributed by atoms with Gasteiger partial charge in [-0.3, -0.25) is 4.79 Å². The average molecular weight is 391 g/mol. The normalized spacial score (nSPS) is 10.4. The maximum atomic E-state index is 12.3. The van der Waals surface area contributed by atoms with Crippen molar-refractivity contribution >= 4 is 34.9 Å². The zero-order chi connectivity index (χ0) is 19.8. The predicted molar refractivity (Wildman–Crippen MR) is 108 cm³/mol. The van der Waals surface area contributed by atoms with Crippen LogP contribution in [-0.2, 0) is 0 Å². The van der Waals surface area contributed by atoms with Crippen LogP contribution in [0.15, 0.2) is 42.5 Å². The van der Waals surface area contributed by atoms with Crippen molar-refractivity contribution in [2.24, 2.45) is 0 Å². The molecule has 0 saturated heterocycles. The highest BCUT2D eigenvalue weighted by Crippen LogP contribution is 2.23. The molecule has 27 heavy (non-hydrogen) atoms. The Morgan fingerprint density at radius 1 is 1.07 bits per heavy atom. The van der Waals surface area contributed by atoms with Gasteiger partial charge in [0.25, 0.3) is 5.91 Å². The third-order valence-electron chi connectivity index (χ3n) is 3.63. The molecule has 3 amide bonds. The number of nitrogens with zero attached hydrogens (tertiary/aromatic N) is 1. The molecule has 8 heteroatoms. The number of rotatable bonds is 7. The van der Waals surface area contributed by atoms with E-state index in [0.29, 0.717) is 34.3 Å². The van der Waals surface area contributed by atoms with Crippen molar-refractivity contribution in [2.45, 2.75) is 0 Å². The van der Waals surface area contributed by atoms with Crippen LogP contribution in [0.3, 0.4) is 0 Å². The number of likely N-dealkylation sites (N-methyl/N-ethyl adjacent to an activating group) is 1. The van der Waals surface area contributed by atoms with Crippen molar-refractivity contribution in [3.8, 4) is 5.75 Å². The molecule has 144 valence electrons. The smallest absolute Gasteiger partial charge is 0.323 e. The van der Waals surface area contributed by atoms with Gasteiger partial charge in [-0.1, -0.05) is 17.7 Å². The summed E-state index contributed by atoms with van der Waals surface area (Å²) < 4.78 is 5.29. The Bertz CT molecular complexity index is 811. The van der Waals surface area contributed by atoms with Crippen molar-refractivity contribution < 1.29 is 14.3 Å². The highest BCUT2D eigenvalue weighted by molar-refractivity contribution is 6.30. The van der Waals surface area contributed by atoms with Crippen LogP contribution in [0.25, 0.3) is 0 Å². The van der Waals surface area contributed by atoms with Crippen molar-refractivity contribution in [1.29, 1.82) is 0 Å². The van der Waals surface area contributed by atoms with E-state index in [1.807, 2.05) is 19.0 Å². The second-order valence-electron chi connectivity index (χ2n) is 6.06. The largest absolute Gasteiger partial charge is 0.496 e. The molecule has 0 radical (unpaired) electrons. The standard InChI is InChI=1S/C19H23ClN4O3/c1-24(2)10-9-21-18(25)16-8-7-15(12-17(16)27-3)23-19(26)22-14-6-4-5-13(20)11-14/h4-8,11-12H,9-10H2,1-3H3,(H,21,25)(H2,22,23,26). The number of ether oxygens (including phenoxy) is 1. The lowest BCUT2D eigenvalue weighted by Gasteiger charge is -2.14. The molecule has 0 saturated carbocycles. The van der Waals surface area contributed by atoms with Crippen molar-refractivity contribution in [1.82, 2.24) is 10.2 Å². The predicted octanol–water partition coefficient (Wildman–Crippen LogP) is 3.28. The number of carbonyl (C=O) groups excluding carboxylic acids is 2. The van der Waals surface area contributed by atoms with Crippen LogP contribution in [0.2, 0.25) is 5.02 Å². The van der Waals surface area contributed by atoms with E-state index < -0.39 is 6.03 Å². The van der Waals surface area contributed by atoms with Gasteiger partial charge in [-0.25, -0.2) is 4.79 Å². The van der Waals surface area contributed by atoms with Gasteiger partial charge in [0, 0.05) is 35.6 Å². The number of benzene rings is 2. The van der Waals surface area contributed by atoms with Gasteiger partial charge in [-0.2, -0.15) is 0 Å². The number of urea groups is 1. The Hall–Kier alpha value is -2.77. The zero-order valence-electron chi connectivity index (χ0n) is 15.5. The molecule has 2 rings (SSSR count). The molecule has 0 bridgehead atoms. The molecule has 0 unspecified atom stereocenters. The van der Waals surface area contributed by atoms with E-state index >= 15 is 0 Å². The molecule has 0 spiro atoms. The Balaban J connectivity index is 2.02. The topological polar surface area (TPSA) is 82.7 Å². The number of methoxy groups -OCH3 is 1. The fourth-order valence-electron chi connectivity index (χ4n) is 2.30. The van der Waals surface area contributed by atoms with Gasteiger partial charge in [0.05, 0.1) is 12.7 Å². The second kappa shape index (κ2) is 9.80. The number of nitrogens with one attached hydrogen (secondary N) is 3. The lowest BCUT2D eigenvalue weighted by atomic mass is 10.1. The number of hydrogen-bond donors (Lipinski definition) is 3. The van der Waals surface area contributed by atoms with E-state index in [-0.39, 0.29) is 5.91 Å². The fraction of sp³-hybridized carbons (Fsp3) is 0.263. The third kappa shape index (κ3) is 6.47. The molecule has 0 heterocycles. The summed E-state index contributed by atoms with van der Waals surface area (Å²) in [4.78, 5) is 26.4. The molecule has 0 aliphatic heterocycles. The Labute approximate surface area is 163 Å². The summed E-state index contributed by atoms with van der Waals surface area (Å²) in [5.74, 6) is 0.140. The lowest BCUT2D eigenvalue weighted by Crippen LogP contribution is -2.31. The lowest BCUT2D eigenvalue weighted by molar-refractivity contribution is 0.0948. The van der Waals surface area contributed by atoms with Crippen LogP contribution < -0.4 is 20.7 Å². The molecular formula is C19H23ClN4O3. The van der Waals surface area contributed by atoms with Gasteiger partial charge in [0.2, 0.25) is 0 Å². The van der Waals surface area contributed by atoms with Crippen LogP contribution in [0.4, 0.5) is 16.2 Å². The molecule has 0 aliphatic rings. The van der Waals surface area contributed by atoms with Gasteiger partial charge in [0.15, 0.2) is 0 Å². The summed E-state index contributed by atoms with van der Waals surface area (Å²) in [7, 11) is 5.34. The molecule has 0 aliphatic carbocycles. The van der Waals surface area contributed by atoms with E-state index in [1.165, 1.54) is 7.11 Å². The summed E-state index contributed by atoms with van der Waals surface area (Å²) in [6, 6.07) is 11.2. The summed E-state index contributed by atoms with van der Waals surface area (Å²) in [5, 5.41) is 8.74. The molecule has 2 aromatic rings. The van der Waals surface area contributed by atoms with Gasteiger partial charge in [-0.15, -0.1) is 0 Å². The summed E-state index contributed by atoms with van der Waals surface area (Å²) in [5.41, 5.74) is 1.47. The van der Waals surface area contributed by atoms with Gasteiger partial charge >= 0.3 is 6.03 Å². The van der Waals surface area contributed by atoms with E-state index in [2.05, 4.69) is 16.0 Å². The SMILES string of the molecule is COc1cc(NC(=O)Nc2cccc(Cl)c2)ccc1C(=O)NCCN(C)C. The first-order chi connectivity index (χ1) is 12.9. The Morgan fingerprint density at radius 3 is 2.41 bits per heavy atom. The van der Waals surface area contributed by atoms with Crippen LogP contribution in [0.1, 0.15) is 10.4 Å². The van der Waals surface area contributed by atoms with Crippen molar-refractivity contribution in [2.75, 3.05) is 44.9 Å². The highest BCUT2D eigenvalue weighted by Gasteiger charge is 2.13. The molecule has 0 atom stereocenters. The highest BCUT2D eigenvalue weighted by atomic mass is 35.5. The molecular weight excluding hydrogens is 368 g/mol. The maximum absolute atomic E-state index is 12.3. The number of carbonyl (C=O) groups is 2. The van der Waals surface area contributed by atoms with Crippen LogP contribution in [0, 0.1) is 0 Å². The van der Waals surface area contributed by atoms with Crippen molar-refractivity contribution in [3.63, 3.8) is 0 Å². The molecule has 0 fully saturated rings. The van der Waals surface area contributed by atoms with Crippen molar-refractivity contribution in [3.05, 3.63) is 53.1 Å². The van der Waals surface area contributed by atoms with Crippen LogP contribution >= 0.6 is 11.6 Å². The van der Waals surface area contributed by atoms with E-state index in [0.717, 1.165) is 6.54 Å². The molecule has 2 aromatic carbocycles. The summed E-state index contributed by atoms with van der Waals surface area (Å²) >= 11 is 5.90. The van der Waals surface area contributed by atoms with E-state index in [4.69, 9.17) is 16.3 Å².